The number of aromatic nitrogens is 2. The van der Waals surface area contributed by atoms with Crippen LogP contribution < -0.4 is 16.4 Å². The van der Waals surface area contributed by atoms with E-state index < -0.39 is 11.6 Å². The summed E-state index contributed by atoms with van der Waals surface area (Å²) in [5.74, 6) is 0.0962. The molecule has 146 valence electrons. The van der Waals surface area contributed by atoms with E-state index in [1.165, 1.54) is 13.5 Å². The van der Waals surface area contributed by atoms with Gasteiger partial charge in [0, 0.05) is 11.3 Å². The minimum atomic E-state index is -0.504. The van der Waals surface area contributed by atoms with E-state index in [0.29, 0.717) is 17.3 Å². The largest absolute Gasteiger partial charge is 0.464 e. The summed E-state index contributed by atoms with van der Waals surface area (Å²) in [5.41, 5.74) is 14.3. The fraction of sp³-hybridized carbons (Fsp3) is 0.368. The van der Waals surface area contributed by atoms with Gasteiger partial charge < -0.3 is 16.2 Å². The van der Waals surface area contributed by atoms with Gasteiger partial charge in [0.2, 0.25) is 11.9 Å². The average Bonchev–Trinajstić information content (AvgIpc) is 3.18. The molecule has 2 aromatic rings. The number of carbonyl (C=O) groups excluding carboxylic acids is 1. The van der Waals surface area contributed by atoms with Gasteiger partial charge in [-0.15, -0.1) is 0 Å². The number of aromatic amines is 1. The molecule has 1 fully saturated rings. The predicted molar refractivity (Wildman–Crippen MR) is 107 cm³/mol. The van der Waals surface area contributed by atoms with E-state index in [1.807, 2.05) is 29.2 Å². The molecule has 1 spiro atoms. The Hall–Kier alpha value is -3.36. The first kappa shape index (κ1) is 18.0. The summed E-state index contributed by atoms with van der Waals surface area (Å²) in [6, 6.07) is 9.43. The highest BCUT2D eigenvalue weighted by Gasteiger charge is 2.42. The second-order valence-corrected chi connectivity index (χ2v) is 7.03. The van der Waals surface area contributed by atoms with E-state index >= 15 is 0 Å². The number of nitrogens with two attached hydrogens (primary N) is 2. The Morgan fingerprint density at radius 1 is 1.21 bits per heavy atom. The van der Waals surface area contributed by atoms with Crippen LogP contribution in [-0.2, 0) is 4.74 Å². The molecule has 2 heterocycles. The van der Waals surface area contributed by atoms with Gasteiger partial charge in [-0.05, 0) is 43.9 Å². The minimum absolute atomic E-state index is 0.224. The van der Waals surface area contributed by atoms with Crippen molar-refractivity contribution in [1.29, 1.82) is 0 Å². The number of nitrogens with zero attached hydrogens (tertiary/aromatic N) is 4. The topological polar surface area (TPSA) is 135 Å². The first-order valence-corrected chi connectivity index (χ1v) is 9.26. The van der Waals surface area contributed by atoms with Crippen LogP contribution in [0.3, 0.4) is 0 Å². The van der Waals surface area contributed by atoms with Crippen LogP contribution in [-0.4, -0.2) is 40.9 Å². The standard InChI is InChI=1S/C19H23N7O2/c1-28-16(27)15-11-14(24-25-15)12-6-5-7-13(10-12)26-18(21)22-17(20)23-19(26)8-3-2-4-9-19/h5-7,10-11H,2-4,8-9H2,1H3,(H,24,25)(H4,20,21,22,23). The molecule has 0 unspecified atom stereocenters. The minimum Gasteiger partial charge on any atom is -0.464 e. The zero-order chi connectivity index (χ0) is 19.7. The first-order valence-electron chi connectivity index (χ1n) is 9.26. The Labute approximate surface area is 162 Å². The number of aliphatic imine (C=N–C) groups is 2. The second kappa shape index (κ2) is 6.99. The lowest BCUT2D eigenvalue weighted by atomic mass is 9.87. The van der Waals surface area contributed by atoms with Crippen LogP contribution in [0, 0.1) is 0 Å². The number of H-pyrrole nitrogens is 1. The third-order valence-electron chi connectivity index (χ3n) is 5.23. The molecule has 1 aromatic carbocycles. The number of anilines is 1. The molecular formula is C19H23N7O2. The second-order valence-electron chi connectivity index (χ2n) is 7.03. The summed E-state index contributed by atoms with van der Waals surface area (Å²) in [4.78, 5) is 22.5. The molecule has 9 heteroatoms. The summed E-state index contributed by atoms with van der Waals surface area (Å²) in [6.45, 7) is 0. The number of carbonyl (C=O) groups is 1. The number of esters is 1. The Kier molecular flexibility index (Phi) is 4.50. The molecule has 0 atom stereocenters. The number of ether oxygens (including phenoxy) is 1. The Balaban J connectivity index is 1.73. The van der Waals surface area contributed by atoms with Crippen molar-refractivity contribution in [3.8, 4) is 11.3 Å². The van der Waals surface area contributed by atoms with Gasteiger partial charge in [0.1, 0.15) is 11.4 Å². The molecule has 0 saturated heterocycles. The van der Waals surface area contributed by atoms with Crippen molar-refractivity contribution in [3.05, 3.63) is 36.0 Å². The summed E-state index contributed by atoms with van der Waals surface area (Å²) < 4.78 is 4.73. The monoisotopic (exact) mass is 381 g/mol. The van der Waals surface area contributed by atoms with Crippen LogP contribution >= 0.6 is 0 Å². The van der Waals surface area contributed by atoms with Gasteiger partial charge in [0.15, 0.2) is 0 Å². The van der Waals surface area contributed by atoms with Crippen molar-refractivity contribution < 1.29 is 9.53 Å². The zero-order valence-electron chi connectivity index (χ0n) is 15.7. The molecule has 0 bridgehead atoms. The van der Waals surface area contributed by atoms with Crippen molar-refractivity contribution in [3.63, 3.8) is 0 Å². The highest BCUT2D eigenvalue weighted by Crippen LogP contribution is 2.40. The fourth-order valence-corrected chi connectivity index (χ4v) is 3.98. The third-order valence-corrected chi connectivity index (χ3v) is 5.23. The Morgan fingerprint density at radius 2 is 2.00 bits per heavy atom. The molecule has 9 nitrogen and oxygen atoms in total. The lowest BCUT2D eigenvalue weighted by Gasteiger charge is -2.45. The van der Waals surface area contributed by atoms with E-state index in [1.54, 1.807) is 6.07 Å². The summed E-state index contributed by atoms with van der Waals surface area (Å²) in [5, 5.41) is 6.92. The maximum Gasteiger partial charge on any atom is 0.356 e. The number of rotatable bonds is 3. The van der Waals surface area contributed by atoms with Crippen molar-refractivity contribution in [2.75, 3.05) is 12.0 Å². The van der Waals surface area contributed by atoms with Crippen LogP contribution in [0.4, 0.5) is 5.69 Å². The normalized spacial score (nSPS) is 18.5. The fourth-order valence-electron chi connectivity index (χ4n) is 3.98. The van der Waals surface area contributed by atoms with E-state index in [2.05, 4.69) is 15.2 Å². The van der Waals surface area contributed by atoms with E-state index in [4.69, 9.17) is 21.2 Å². The number of nitrogens with one attached hydrogen (secondary N) is 1. The molecular weight excluding hydrogens is 358 g/mol. The van der Waals surface area contributed by atoms with Gasteiger partial charge in [0.05, 0.1) is 12.8 Å². The van der Waals surface area contributed by atoms with Gasteiger partial charge in [-0.2, -0.15) is 10.1 Å². The van der Waals surface area contributed by atoms with Crippen molar-refractivity contribution >= 4 is 23.6 Å². The highest BCUT2D eigenvalue weighted by atomic mass is 16.5. The Bertz CT molecular complexity index is 957. The maximum absolute atomic E-state index is 11.7. The van der Waals surface area contributed by atoms with Crippen LogP contribution in [0.1, 0.15) is 42.6 Å². The van der Waals surface area contributed by atoms with Crippen molar-refractivity contribution in [2.45, 2.75) is 37.8 Å². The molecule has 5 N–H and O–H groups in total. The SMILES string of the molecule is COC(=O)c1cc(-c2cccc(N3C(N)=NC(N)=NC34CCCCC4)c2)n[nH]1. The van der Waals surface area contributed by atoms with Gasteiger partial charge in [0.25, 0.3) is 0 Å². The lowest BCUT2D eigenvalue weighted by molar-refractivity contribution is 0.0594. The van der Waals surface area contributed by atoms with Crippen LogP contribution in [0.25, 0.3) is 11.3 Å². The van der Waals surface area contributed by atoms with Gasteiger partial charge in [-0.3, -0.25) is 10.00 Å². The number of benzene rings is 1. The molecule has 2 aliphatic rings. The number of hydrogen-bond acceptors (Lipinski definition) is 8. The molecule has 1 aliphatic carbocycles. The summed E-state index contributed by atoms with van der Waals surface area (Å²) >= 11 is 0. The molecule has 1 saturated carbocycles. The molecule has 4 rings (SSSR count). The van der Waals surface area contributed by atoms with Gasteiger partial charge >= 0.3 is 5.97 Å². The van der Waals surface area contributed by atoms with Crippen molar-refractivity contribution in [2.24, 2.45) is 21.5 Å². The van der Waals surface area contributed by atoms with Crippen LogP contribution in [0.15, 0.2) is 40.3 Å². The molecule has 1 aliphatic heterocycles. The van der Waals surface area contributed by atoms with Crippen LogP contribution in [0.2, 0.25) is 0 Å². The lowest BCUT2D eigenvalue weighted by Crippen LogP contribution is -2.58. The van der Waals surface area contributed by atoms with E-state index in [9.17, 15) is 4.79 Å². The predicted octanol–water partition coefficient (Wildman–Crippen LogP) is 1.97. The third kappa shape index (κ3) is 3.08. The van der Waals surface area contributed by atoms with E-state index in [0.717, 1.165) is 36.9 Å². The molecule has 0 radical (unpaired) electrons. The highest BCUT2D eigenvalue weighted by molar-refractivity contribution is 6.05. The first-order chi connectivity index (χ1) is 13.5. The number of methoxy groups -OCH3 is 1. The number of guanidine groups is 2. The van der Waals surface area contributed by atoms with Gasteiger partial charge in [-0.25, -0.2) is 9.79 Å². The summed E-state index contributed by atoms with van der Waals surface area (Å²) in [7, 11) is 1.33. The smallest absolute Gasteiger partial charge is 0.356 e. The molecule has 0 amide bonds. The van der Waals surface area contributed by atoms with Crippen LogP contribution in [0.5, 0.6) is 0 Å². The van der Waals surface area contributed by atoms with Gasteiger partial charge in [-0.1, -0.05) is 18.6 Å². The quantitative estimate of drug-likeness (QED) is 0.696. The van der Waals surface area contributed by atoms with E-state index in [-0.39, 0.29) is 5.96 Å². The molecule has 1 aromatic heterocycles. The van der Waals surface area contributed by atoms with Crippen molar-refractivity contribution in [1.82, 2.24) is 10.2 Å². The Morgan fingerprint density at radius 3 is 2.75 bits per heavy atom. The maximum atomic E-state index is 11.7. The zero-order valence-corrected chi connectivity index (χ0v) is 15.7. The summed E-state index contributed by atoms with van der Waals surface area (Å²) in [6.07, 6.45) is 5.02. The average molecular weight is 381 g/mol. The molecule has 28 heavy (non-hydrogen) atoms. The number of hydrogen-bond donors (Lipinski definition) is 3.